The van der Waals surface area contributed by atoms with Crippen LogP contribution in [0.25, 0.3) is 0 Å². The maximum atomic E-state index is 12.6. The summed E-state index contributed by atoms with van der Waals surface area (Å²) in [5, 5.41) is 10.4. The first kappa shape index (κ1) is 24.3. The van der Waals surface area contributed by atoms with Gasteiger partial charge in [0.25, 0.3) is 0 Å². The third kappa shape index (κ3) is 2.90. The predicted octanol–water partition coefficient (Wildman–Crippen LogP) is 7.38. The van der Waals surface area contributed by atoms with Gasteiger partial charge in [0.05, 0.1) is 5.41 Å². The zero-order chi connectivity index (χ0) is 22.4. The molecule has 0 aromatic rings. The zero-order valence-electron chi connectivity index (χ0n) is 20.5. The summed E-state index contributed by atoms with van der Waals surface area (Å²) in [7, 11) is 0. The highest BCUT2D eigenvalue weighted by Gasteiger charge is 2.68. The molecule has 182 valence electrons. The lowest BCUT2D eigenvalue weighted by Gasteiger charge is -2.70. The van der Waals surface area contributed by atoms with E-state index in [1.54, 1.807) is 0 Å². The molecule has 5 saturated carbocycles. The van der Waals surface area contributed by atoms with E-state index in [9.17, 15) is 14.7 Å². The average molecular weight is 445 g/mol. The van der Waals surface area contributed by atoms with Crippen molar-refractivity contribution < 1.29 is 14.7 Å². The van der Waals surface area contributed by atoms with Crippen molar-refractivity contribution in [3.63, 3.8) is 0 Å². The van der Waals surface area contributed by atoms with Crippen LogP contribution >= 0.6 is 0 Å². The van der Waals surface area contributed by atoms with Crippen molar-refractivity contribution >= 4 is 11.8 Å². The molecule has 0 saturated heterocycles. The fourth-order valence-electron chi connectivity index (χ4n) is 10.7. The Hall–Kier alpha value is -0.860. The van der Waals surface area contributed by atoms with Crippen LogP contribution < -0.4 is 0 Å². The van der Waals surface area contributed by atoms with Gasteiger partial charge < -0.3 is 5.11 Å². The molecule has 5 rings (SSSR count). The molecule has 0 aliphatic heterocycles. The molecule has 0 heterocycles. The smallest absolute Gasteiger partial charge is 0.309 e. The van der Waals surface area contributed by atoms with Gasteiger partial charge in [0.1, 0.15) is 5.78 Å². The Bertz CT molecular complexity index is 789. The van der Waals surface area contributed by atoms with Crippen molar-refractivity contribution in [1.82, 2.24) is 0 Å². The normalized spacial score (nSPS) is 54.8. The maximum Gasteiger partial charge on any atom is 0.309 e. The molecule has 5 fully saturated rings. The topological polar surface area (TPSA) is 54.4 Å². The van der Waals surface area contributed by atoms with Gasteiger partial charge in [0, 0.05) is 12.3 Å². The zero-order valence-corrected chi connectivity index (χ0v) is 20.5. The second kappa shape index (κ2) is 7.57. The number of rotatable bonds is 1. The largest absolute Gasteiger partial charge is 0.481 e. The number of carboxylic acid groups (broad SMARTS) is 1. The highest BCUT2D eigenvalue weighted by Crippen LogP contribution is 2.74. The van der Waals surface area contributed by atoms with Crippen molar-refractivity contribution in [2.45, 2.75) is 113 Å². The van der Waals surface area contributed by atoms with E-state index in [4.69, 9.17) is 0 Å². The fraction of sp³-hybridized carbons (Fsp3) is 0.931. The first-order chi connectivity index (χ1) is 14.5. The number of fused-ring (bicyclic) bond motifs is 7. The molecule has 0 aromatic heterocycles. The Morgan fingerprint density at radius 1 is 0.812 bits per heavy atom. The van der Waals surface area contributed by atoms with E-state index < -0.39 is 11.4 Å². The summed E-state index contributed by atoms with van der Waals surface area (Å²) in [4.78, 5) is 25.2. The molecule has 5 aliphatic carbocycles. The molecule has 1 N–H and O–H groups in total. The van der Waals surface area contributed by atoms with E-state index >= 15 is 0 Å². The number of ketones is 1. The van der Waals surface area contributed by atoms with E-state index in [1.807, 2.05) is 0 Å². The van der Waals surface area contributed by atoms with Crippen molar-refractivity contribution in [2.75, 3.05) is 0 Å². The van der Waals surface area contributed by atoms with Crippen LogP contribution in [0.2, 0.25) is 0 Å². The second-order valence-corrected chi connectivity index (χ2v) is 13.5. The Labute approximate surface area is 196 Å². The maximum absolute atomic E-state index is 12.6. The molecule has 0 amide bonds. The summed E-state index contributed by atoms with van der Waals surface area (Å²) >= 11 is 0. The SMILES string of the molecule is C.CC1CCC2(C(=O)O)CCC3(C)C(CCC4(C)C5CCC(=O)C(C)C5(C)CCC34)C2C1. The van der Waals surface area contributed by atoms with Gasteiger partial charge in [-0.2, -0.15) is 0 Å². The first-order valence-electron chi connectivity index (χ1n) is 13.3. The molecular weight excluding hydrogens is 396 g/mol. The van der Waals surface area contributed by atoms with Crippen molar-refractivity contribution in [3.8, 4) is 0 Å². The summed E-state index contributed by atoms with van der Waals surface area (Å²) < 4.78 is 0. The summed E-state index contributed by atoms with van der Waals surface area (Å²) in [6, 6.07) is 0. The van der Waals surface area contributed by atoms with Crippen LogP contribution in [0.4, 0.5) is 0 Å². The lowest BCUT2D eigenvalue weighted by Crippen LogP contribution is -2.65. The molecular formula is C29H48O3. The molecule has 3 nitrogen and oxygen atoms in total. The number of carbonyl (C=O) groups is 2. The Morgan fingerprint density at radius 2 is 1.47 bits per heavy atom. The third-order valence-electron chi connectivity index (χ3n) is 12.6. The minimum atomic E-state index is -0.504. The van der Waals surface area contributed by atoms with Gasteiger partial charge in [0.15, 0.2) is 0 Å². The van der Waals surface area contributed by atoms with Crippen molar-refractivity contribution in [1.29, 1.82) is 0 Å². The summed E-state index contributed by atoms with van der Waals surface area (Å²) in [5.41, 5.74) is 0.262. The molecule has 10 unspecified atom stereocenters. The van der Waals surface area contributed by atoms with Gasteiger partial charge in [-0.05, 0) is 110 Å². The number of hydrogen-bond acceptors (Lipinski definition) is 2. The quantitative estimate of drug-likeness (QED) is 0.459. The number of carboxylic acids is 1. The van der Waals surface area contributed by atoms with Crippen LogP contribution in [-0.4, -0.2) is 16.9 Å². The van der Waals surface area contributed by atoms with Gasteiger partial charge in [-0.25, -0.2) is 0 Å². The molecule has 0 radical (unpaired) electrons. The van der Waals surface area contributed by atoms with Gasteiger partial charge in [-0.15, -0.1) is 0 Å². The van der Waals surface area contributed by atoms with Gasteiger partial charge >= 0.3 is 5.97 Å². The van der Waals surface area contributed by atoms with Crippen LogP contribution in [-0.2, 0) is 9.59 Å². The highest BCUT2D eigenvalue weighted by molar-refractivity contribution is 5.82. The van der Waals surface area contributed by atoms with E-state index in [2.05, 4.69) is 34.6 Å². The van der Waals surface area contributed by atoms with Gasteiger partial charge in [-0.3, -0.25) is 9.59 Å². The monoisotopic (exact) mass is 444 g/mol. The number of aliphatic carboxylic acids is 1. The molecule has 32 heavy (non-hydrogen) atoms. The van der Waals surface area contributed by atoms with Crippen LogP contribution in [0.15, 0.2) is 0 Å². The molecule has 0 spiro atoms. The van der Waals surface area contributed by atoms with Gasteiger partial charge in [0.2, 0.25) is 0 Å². The fourth-order valence-corrected chi connectivity index (χ4v) is 10.7. The van der Waals surface area contributed by atoms with Crippen LogP contribution in [0.3, 0.4) is 0 Å². The molecule has 0 aromatic carbocycles. The van der Waals surface area contributed by atoms with Crippen LogP contribution in [0.1, 0.15) is 113 Å². The van der Waals surface area contributed by atoms with Gasteiger partial charge in [-0.1, -0.05) is 42.0 Å². The Morgan fingerprint density at radius 3 is 2.16 bits per heavy atom. The first-order valence-corrected chi connectivity index (χ1v) is 13.3. The molecule has 3 heteroatoms. The van der Waals surface area contributed by atoms with Crippen LogP contribution in [0.5, 0.6) is 0 Å². The minimum Gasteiger partial charge on any atom is -0.481 e. The standard InChI is InChI=1S/C28H44O3.CH4/c1-17-8-13-28(24(30)31)15-14-26(4)19(20(28)16-17)9-11-27(5)22-7-6-21(29)18(2)25(22,3)12-10-23(26)27;/h17-20,22-23H,6-16H2,1-5H3,(H,30,31);1H4. The lowest BCUT2D eigenvalue weighted by molar-refractivity contribution is -0.222. The number of Topliss-reactive ketones (excluding diaryl/α,β-unsaturated/α-hetero) is 1. The molecule has 5 aliphatic rings. The Balaban J connectivity index is 0.00000245. The van der Waals surface area contributed by atoms with Crippen LogP contribution in [0, 0.1) is 57.2 Å². The van der Waals surface area contributed by atoms with E-state index in [0.29, 0.717) is 40.8 Å². The highest BCUT2D eigenvalue weighted by atomic mass is 16.4. The van der Waals surface area contributed by atoms with E-state index in [0.717, 1.165) is 44.9 Å². The Kier molecular flexibility index (Phi) is 5.74. The number of carbonyl (C=O) groups excluding carboxylic acids is 1. The summed E-state index contributed by atoms with van der Waals surface area (Å²) in [6.07, 6.45) is 11.8. The third-order valence-corrected chi connectivity index (χ3v) is 12.6. The van der Waals surface area contributed by atoms with Crippen molar-refractivity contribution in [3.05, 3.63) is 0 Å². The summed E-state index contributed by atoms with van der Waals surface area (Å²) in [5.74, 6) is 3.08. The molecule has 10 atom stereocenters. The summed E-state index contributed by atoms with van der Waals surface area (Å²) in [6.45, 7) is 12.1. The predicted molar refractivity (Wildman–Crippen MR) is 129 cm³/mol. The average Bonchev–Trinajstić information content (AvgIpc) is 2.70. The number of hydrogen-bond donors (Lipinski definition) is 1. The second-order valence-electron chi connectivity index (χ2n) is 13.5. The van der Waals surface area contributed by atoms with Crippen molar-refractivity contribution in [2.24, 2.45) is 57.2 Å². The molecule has 0 bridgehead atoms. The van der Waals surface area contributed by atoms with E-state index in [-0.39, 0.29) is 24.2 Å². The minimum absolute atomic E-state index is 0. The van der Waals surface area contributed by atoms with E-state index in [1.165, 1.54) is 25.7 Å². The lowest BCUT2D eigenvalue weighted by atomic mass is 9.34.